The summed E-state index contributed by atoms with van der Waals surface area (Å²) in [7, 11) is 1.96. The zero-order valence-electron chi connectivity index (χ0n) is 19.4. The van der Waals surface area contributed by atoms with Crippen LogP contribution in [-0.2, 0) is 27.8 Å². The second-order valence-electron chi connectivity index (χ2n) is 8.92. The first-order chi connectivity index (χ1) is 15.9. The highest BCUT2D eigenvalue weighted by Crippen LogP contribution is 2.46. The van der Waals surface area contributed by atoms with Crippen LogP contribution < -0.4 is 4.90 Å². The van der Waals surface area contributed by atoms with Crippen LogP contribution in [0, 0.1) is 0 Å². The maximum Gasteiger partial charge on any atom is 0.338 e. The van der Waals surface area contributed by atoms with E-state index in [4.69, 9.17) is 4.74 Å². The molecule has 0 atom stereocenters. The molecule has 0 unspecified atom stereocenters. The Bertz CT molecular complexity index is 1190. The average molecular weight is 440 g/mol. The predicted octanol–water partition coefficient (Wildman–Crippen LogP) is 5.51. The Morgan fingerprint density at radius 1 is 0.879 bits per heavy atom. The number of rotatable bonds is 7. The first kappa shape index (κ1) is 22.5. The molecule has 4 heteroatoms. The monoisotopic (exact) mass is 439 g/mol. The summed E-state index contributed by atoms with van der Waals surface area (Å²) in [6.45, 7) is 3.92. The lowest BCUT2D eigenvalue weighted by molar-refractivity contribution is -0.117. The van der Waals surface area contributed by atoms with Crippen LogP contribution in [0.15, 0.2) is 90.6 Å². The molecular formula is C29H29NO3. The smallest absolute Gasteiger partial charge is 0.338 e. The Kier molecular flexibility index (Phi) is 6.45. The topological polar surface area (TPSA) is 46.6 Å². The number of anilines is 1. The summed E-state index contributed by atoms with van der Waals surface area (Å²) < 4.78 is 5.42. The van der Waals surface area contributed by atoms with Gasteiger partial charge in [0.2, 0.25) is 0 Å². The fourth-order valence-electron chi connectivity index (χ4n) is 4.53. The number of nitrogens with zero attached hydrogens (tertiary/aromatic N) is 1. The molecule has 0 amide bonds. The third-order valence-corrected chi connectivity index (χ3v) is 6.35. The maximum atomic E-state index is 12.8. The molecule has 1 heterocycles. The molecule has 3 aromatic carbocycles. The number of benzene rings is 3. The van der Waals surface area contributed by atoms with Crippen LogP contribution in [0.25, 0.3) is 0 Å². The van der Waals surface area contributed by atoms with E-state index in [2.05, 4.69) is 38.1 Å². The molecule has 33 heavy (non-hydrogen) atoms. The number of ether oxygens (including phenoxy) is 1. The van der Waals surface area contributed by atoms with E-state index < -0.39 is 5.97 Å². The summed E-state index contributed by atoms with van der Waals surface area (Å²) in [5, 5.41) is 0. The van der Waals surface area contributed by atoms with E-state index >= 15 is 0 Å². The van der Waals surface area contributed by atoms with Gasteiger partial charge in [-0.2, -0.15) is 0 Å². The van der Waals surface area contributed by atoms with Crippen molar-refractivity contribution in [1.82, 2.24) is 0 Å². The molecule has 0 bridgehead atoms. The second kappa shape index (κ2) is 9.45. The van der Waals surface area contributed by atoms with Crippen molar-refractivity contribution in [2.45, 2.75) is 32.1 Å². The largest absolute Gasteiger partial charge is 0.454 e. The van der Waals surface area contributed by atoms with Crippen molar-refractivity contribution in [2.24, 2.45) is 0 Å². The van der Waals surface area contributed by atoms with Gasteiger partial charge in [0, 0.05) is 29.9 Å². The molecule has 168 valence electrons. The fourth-order valence-corrected chi connectivity index (χ4v) is 4.53. The Morgan fingerprint density at radius 3 is 2.30 bits per heavy atom. The molecule has 4 nitrogen and oxygen atoms in total. The van der Waals surface area contributed by atoms with E-state index in [1.54, 1.807) is 12.1 Å². The number of para-hydroxylation sites is 1. The van der Waals surface area contributed by atoms with Gasteiger partial charge in [-0.25, -0.2) is 4.79 Å². The van der Waals surface area contributed by atoms with Gasteiger partial charge in [0.25, 0.3) is 0 Å². The van der Waals surface area contributed by atoms with Crippen LogP contribution >= 0.6 is 0 Å². The maximum absolute atomic E-state index is 12.8. The first-order valence-corrected chi connectivity index (χ1v) is 11.2. The van der Waals surface area contributed by atoms with Crippen LogP contribution in [0.3, 0.4) is 0 Å². The highest BCUT2D eigenvalue weighted by atomic mass is 16.5. The van der Waals surface area contributed by atoms with Crippen LogP contribution in [0.4, 0.5) is 5.69 Å². The van der Waals surface area contributed by atoms with Crippen molar-refractivity contribution >= 4 is 17.4 Å². The van der Waals surface area contributed by atoms with Gasteiger partial charge in [0.15, 0.2) is 12.4 Å². The highest BCUT2D eigenvalue weighted by Gasteiger charge is 2.38. The Labute approximate surface area is 195 Å². The lowest BCUT2D eigenvalue weighted by Crippen LogP contribution is -2.25. The van der Waals surface area contributed by atoms with Gasteiger partial charge in [0.1, 0.15) is 0 Å². The number of likely N-dealkylation sites (N-methyl/N-ethyl adjacent to an activating group) is 1. The molecule has 0 aliphatic carbocycles. The molecule has 0 fully saturated rings. The van der Waals surface area contributed by atoms with Gasteiger partial charge in [-0.15, -0.1) is 0 Å². The summed E-state index contributed by atoms with van der Waals surface area (Å²) in [6.07, 6.45) is 3.16. The summed E-state index contributed by atoms with van der Waals surface area (Å²) >= 11 is 0. The van der Waals surface area contributed by atoms with E-state index in [1.165, 1.54) is 11.1 Å². The highest BCUT2D eigenvalue weighted by molar-refractivity contribution is 5.97. The number of carbonyl (C=O) groups excluding carboxylic acids is 2. The molecule has 0 spiro atoms. The standard InChI is InChI=1S/C29H29NO3/c1-29(2)25-15-9-10-16-26(25)30(3)27(29)19-23(31)20-33-28(32)24-14-8-7-13-22(24)18-17-21-11-5-4-6-12-21/h4-16,19H,17-18,20H2,1-3H3. The lowest BCUT2D eigenvalue weighted by atomic mass is 9.83. The molecule has 1 aliphatic heterocycles. The average Bonchev–Trinajstić information content (AvgIpc) is 3.03. The first-order valence-electron chi connectivity index (χ1n) is 11.2. The zero-order chi connectivity index (χ0) is 23.4. The van der Waals surface area contributed by atoms with Crippen LogP contribution in [0.2, 0.25) is 0 Å². The third kappa shape index (κ3) is 4.75. The predicted molar refractivity (Wildman–Crippen MR) is 132 cm³/mol. The quantitative estimate of drug-likeness (QED) is 0.360. The molecule has 0 saturated carbocycles. The minimum atomic E-state index is -0.465. The summed E-state index contributed by atoms with van der Waals surface area (Å²) in [5.41, 5.74) is 5.51. The molecule has 0 saturated heterocycles. The van der Waals surface area contributed by atoms with Crippen molar-refractivity contribution < 1.29 is 14.3 Å². The van der Waals surface area contributed by atoms with Crippen LogP contribution in [0.1, 0.15) is 40.9 Å². The van der Waals surface area contributed by atoms with Crippen molar-refractivity contribution in [3.63, 3.8) is 0 Å². The number of ketones is 1. The molecule has 0 N–H and O–H groups in total. The molecule has 3 aromatic rings. The van der Waals surface area contributed by atoms with Gasteiger partial charge in [-0.1, -0.05) is 80.6 Å². The van der Waals surface area contributed by atoms with Crippen molar-refractivity contribution in [3.8, 4) is 0 Å². The Hall–Kier alpha value is -3.66. The summed E-state index contributed by atoms with van der Waals surface area (Å²) in [6, 6.07) is 25.7. The molecule has 4 rings (SSSR count). The van der Waals surface area contributed by atoms with Crippen molar-refractivity contribution in [3.05, 3.63) is 113 Å². The van der Waals surface area contributed by atoms with Gasteiger partial charge in [-0.05, 0) is 41.7 Å². The number of fused-ring (bicyclic) bond motifs is 1. The van der Waals surface area contributed by atoms with Gasteiger partial charge >= 0.3 is 5.97 Å². The number of carbonyl (C=O) groups is 2. The number of allylic oxidation sites excluding steroid dienone is 1. The van der Waals surface area contributed by atoms with Gasteiger partial charge in [-0.3, -0.25) is 4.79 Å². The van der Waals surface area contributed by atoms with Crippen molar-refractivity contribution in [1.29, 1.82) is 0 Å². The lowest BCUT2D eigenvalue weighted by Gasteiger charge is -2.23. The van der Waals surface area contributed by atoms with E-state index in [9.17, 15) is 9.59 Å². The third-order valence-electron chi connectivity index (χ3n) is 6.35. The SMILES string of the molecule is CN1C(=CC(=O)COC(=O)c2ccccc2CCc2ccccc2)C(C)(C)c2ccccc21. The molecular weight excluding hydrogens is 410 g/mol. The number of hydrogen-bond acceptors (Lipinski definition) is 4. The Balaban J connectivity index is 1.42. The number of esters is 1. The Morgan fingerprint density at radius 2 is 1.55 bits per heavy atom. The minimum absolute atomic E-state index is 0.229. The van der Waals surface area contributed by atoms with Gasteiger partial charge in [0.05, 0.1) is 5.56 Å². The van der Waals surface area contributed by atoms with E-state index in [0.717, 1.165) is 29.8 Å². The molecule has 0 aromatic heterocycles. The van der Waals surface area contributed by atoms with Crippen molar-refractivity contribution in [2.75, 3.05) is 18.6 Å². The normalized spacial score (nSPS) is 15.4. The summed E-state index contributed by atoms with van der Waals surface area (Å²) in [5.74, 6) is -0.694. The summed E-state index contributed by atoms with van der Waals surface area (Å²) in [4.78, 5) is 27.6. The van der Waals surface area contributed by atoms with Crippen LogP contribution in [-0.4, -0.2) is 25.4 Å². The van der Waals surface area contributed by atoms with Gasteiger partial charge < -0.3 is 9.64 Å². The number of hydrogen-bond donors (Lipinski definition) is 0. The fraction of sp³-hybridized carbons (Fsp3) is 0.241. The second-order valence-corrected chi connectivity index (χ2v) is 8.92. The zero-order valence-corrected chi connectivity index (χ0v) is 19.4. The van der Waals surface area contributed by atoms with E-state index in [1.807, 2.05) is 60.5 Å². The minimum Gasteiger partial charge on any atom is -0.454 e. The molecule has 0 radical (unpaired) electrons. The molecule has 1 aliphatic rings. The number of aryl methyl sites for hydroxylation is 2. The van der Waals surface area contributed by atoms with E-state index in [0.29, 0.717) is 5.56 Å². The van der Waals surface area contributed by atoms with E-state index in [-0.39, 0.29) is 17.8 Å². The van der Waals surface area contributed by atoms with Crippen LogP contribution in [0.5, 0.6) is 0 Å².